The molecule has 0 radical (unpaired) electrons. The summed E-state index contributed by atoms with van der Waals surface area (Å²) in [6.07, 6.45) is 1.51. The summed E-state index contributed by atoms with van der Waals surface area (Å²) in [7, 11) is 0. The number of halogens is 2. The quantitative estimate of drug-likeness (QED) is 0.643. The fraction of sp³-hybridized carbons (Fsp3) is 0.125. The first-order valence-electron chi connectivity index (χ1n) is 6.63. The predicted octanol–water partition coefficient (Wildman–Crippen LogP) is 3.86. The maximum absolute atomic E-state index is 11.7. The Morgan fingerprint density at radius 3 is 2.68 bits per heavy atom. The van der Waals surface area contributed by atoms with Crippen molar-refractivity contribution in [3.8, 4) is 0 Å². The average molecular weight is 336 g/mol. The van der Waals surface area contributed by atoms with Crippen LogP contribution in [-0.2, 0) is 4.79 Å². The minimum absolute atomic E-state index is 0.142. The lowest BCUT2D eigenvalue weighted by Gasteiger charge is -2.07. The van der Waals surface area contributed by atoms with Gasteiger partial charge in [0.05, 0.1) is 22.8 Å². The van der Waals surface area contributed by atoms with Crippen LogP contribution >= 0.6 is 23.2 Å². The van der Waals surface area contributed by atoms with Crippen molar-refractivity contribution in [2.45, 2.75) is 6.92 Å². The Bertz CT molecular complexity index is 702. The van der Waals surface area contributed by atoms with Crippen LogP contribution in [0.15, 0.2) is 47.6 Å². The van der Waals surface area contributed by atoms with E-state index in [0.717, 1.165) is 16.8 Å². The van der Waals surface area contributed by atoms with Gasteiger partial charge in [0.25, 0.3) is 5.91 Å². The molecular weight excluding hydrogens is 321 g/mol. The Hall–Kier alpha value is -2.04. The van der Waals surface area contributed by atoms with Gasteiger partial charge in [0, 0.05) is 5.69 Å². The second kappa shape index (κ2) is 7.82. The van der Waals surface area contributed by atoms with Crippen molar-refractivity contribution in [2.75, 3.05) is 11.9 Å². The highest BCUT2D eigenvalue weighted by molar-refractivity contribution is 6.42. The number of benzene rings is 2. The molecule has 0 saturated heterocycles. The molecule has 0 unspecified atom stereocenters. The predicted molar refractivity (Wildman–Crippen MR) is 91.9 cm³/mol. The maximum atomic E-state index is 11.7. The number of nitrogens with zero attached hydrogens (tertiary/aromatic N) is 1. The fourth-order valence-corrected chi connectivity index (χ4v) is 2.06. The van der Waals surface area contributed by atoms with E-state index >= 15 is 0 Å². The van der Waals surface area contributed by atoms with Gasteiger partial charge >= 0.3 is 0 Å². The SMILES string of the molecule is Cc1ccccc1NCC(=O)NN=Cc1ccc(Cl)c(Cl)c1. The van der Waals surface area contributed by atoms with Crippen molar-refractivity contribution < 1.29 is 4.79 Å². The van der Waals surface area contributed by atoms with E-state index in [-0.39, 0.29) is 12.5 Å². The van der Waals surface area contributed by atoms with Gasteiger partial charge < -0.3 is 5.32 Å². The number of para-hydroxylation sites is 1. The lowest BCUT2D eigenvalue weighted by molar-refractivity contribution is -0.119. The lowest BCUT2D eigenvalue weighted by atomic mass is 10.2. The van der Waals surface area contributed by atoms with E-state index in [1.54, 1.807) is 18.2 Å². The topological polar surface area (TPSA) is 53.5 Å². The third kappa shape index (κ3) is 4.76. The largest absolute Gasteiger partial charge is 0.376 e. The molecule has 2 N–H and O–H groups in total. The highest BCUT2D eigenvalue weighted by atomic mass is 35.5. The molecule has 0 atom stereocenters. The van der Waals surface area contributed by atoms with Crippen molar-refractivity contribution >= 4 is 41.0 Å². The second-order valence-corrected chi connectivity index (χ2v) is 5.45. The zero-order valence-corrected chi connectivity index (χ0v) is 13.4. The number of hydrazone groups is 1. The summed E-state index contributed by atoms with van der Waals surface area (Å²) in [6, 6.07) is 12.9. The zero-order chi connectivity index (χ0) is 15.9. The van der Waals surface area contributed by atoms with Gasteiger partial charge in [-0.1, -0.05) is 47.5 Å². The molecule has 0 aliphatic heterocycles. The minimum atomic E-state index is -0.237. The summed E-state index contributed by atoms with van der Waals surface area (Å²) in [6.45, 7) is 2.12. The van der Waals surface area contributed by atoms with Gasteiger partial charge in [0.15, 0.2) is 0 Å². The highest BCUT2D eigenvalue weighted by Crippen LogP contribution is 2.21. The van der Waals surface area contributed by atoms with Crippen LogP contribution in [0.4, 0.5) is 5.69 Å². The first-order valence-corrected chi connectivity index (χ1v) is 7.38. The van der Waals surface area contributed by atoms with Crippen LogP contribution in [0, 0.1) is 6.92 Å². The molecule has 0 aliphatic carbocycles. The van der Waals surface area contributed by atoms with Crippen molar-refractivity contribution in [3.63, 3.8) is 0 Å². The number of carbonyl (C=O) groups excluding carboxylic acids is 1. The number of anilines is 1. The lowest BCUT2D eigenvalue weighted by Crippen LogP contribution is -2.26. The molecule has 2 rings (SSSR count). The Kier molecular flexibility index (Phi) is 5.81. The average Bonchev–Trinajstić information content (AvgIpc) is 2.50. The van der Waals surface area contributed by atoms with Crippen molar-refractivity contribution in [3.05, 3.63) is 63.6 Å². The van der Waals surface area contributed by atoms with E-state index in [9.17, 15) is 4.79 Å². The Labute approximate surface area is 139 Å². The molecule has 22 heavy (non-hydrogen) atoms. The number of hydrogen-bond donors (Lipinski definition) is 2. The van der Waals surface area contributed by atoms with Gasteiger partial charge in [0.1, 0.15) is 0 Å². The summed E-state index contributed by atoms with van der Waals surface area (Å²) in [4.78, 5) is 11.7. The van der Waals surface area contributed by atoms with Gasteiger partial charge in [-0.25, -0.2) is 5.43 Å². The van der Waals surface area contributed by atoms with Gasteiger partial charge in [0.2, 0.25) is 0 Å². The maximum Gasteiger partial charge on any atom is 0.259 e. The highest BCUT2D eigenvalue weighted by Gasteiger charge is 2.01. The fourth-order valence-electron chi connectivity index (χ4n) is 1.76. The van der Waals surface area contributed by atoms with E-state index in [1.165, 1.54) is 6.21 Å². The molecule has 6 heteroatoms. The number of nitrogens with one attached hydrogen (secondary N) is 2. The van der Waals surface area contributed by atoms with Gasteiger partial charge in [-0.2, -0.15) is 5.10 Å². The van der Waals surface area contributed by atoms with Gasteiger partial charge in [-0.3, -0.25) is 4.79 Å². The molecule has 2 aromatic rings. The molecule has 1 amide bonds. The van der Waals surface area contributed by atoms with Crippen LogP contribution in [-0.4, -0.2) is 18.7 Å². The number of carbonyl (C=O) groups is 1. The van der Waals surface area contributed by atoms with Crippen molar-refractivity contribution in [1.29, 1.82) is 0 Å². The molecule has 0 saturated carbocycles. The van der Waals surface area contributed by atoms with Gasteiger partial charge in [-0.05, 0) is 36.2 Å². The standard InChI is InChI=1S/C16H15Cl2N3O/c1-11-4-2-3-5-15(11)19-10-16(22)21-20-9-12-6-7-13(17)14(18)8-12/h2-9,19H,10H2,1H3,(H,21,22). The van der Waals surface area contributed by atoms with E-state index < -0.39 is 0 Å². The third-order valence-electron chi connectivity index (χ3n) is 2.93. The summed E-state index contributed by atoms with van der Waals surface area (Å²) in [5.74, 6) is -0.237. The third-order valence-corrected chi connectivity index (χ3v) is 3.67. The Balaban J connectivity index is 1.83. The van der Waals surface area contributed by atoms with Crippen LogP contribution in [0.1, 0.15) is 11.1 Å². The summed E-state index contributed by atoms with van der Waals surface area (Å²) in [5.41, 5.74) is 5.20. The molecule has 114 valence electrons. The number of rotatable bonds is 5. The van der Waals surface area contributed by atoms with E-state index in [2.05, 4.69) is 15.8 Å². The molecule has 0 spiro atoms. The summed E-state index contributed by atoms with van der Waals surface area (Å²) < 4.78 is 0. The molecule has 4 nitrogen and oxygen atoms in total. The van der Waals surface area contributed by atoms with Crippen LogP contribution in [0.3, 0.4) is 0 Å². The molecular formula is C16H15Cl2N3O. The summed E-state index contributed by atoms with van der Waals surface area (Å²) >= 11 is 11.7. The number of aryl methyl sites for hydroxylation is 1. The van der Waals surface area contributed by atoms with Crippen LogP contribution in [0.5, 0.6) is 0 Å². The van der Waals surface area contributed by atoms with Crippen molar-refractivity contribution in [2.24, 2.45) is 5.10 Å². The normalized spacial score (nSPS) is 10.7. The number of amides is 1. The van der Waals surface area contributed by atoms with Gasteiger partial charge in [-0.15, -0.1) is 0 Å². The Morgan fingerprint density at radius 1 is 1.18 bits per heavy atom. The van der Waals surface area contributed by atoms with Crippen molar-refractivity contribution in [1.82, 2.24) is 5.43 Å². The summed E-state index contributed by atoms with van der Waals surface area (Å²) in [5, 5.41) is 7.85. The van der Waals surface area contributed by atoms with Crippen LogP contribution in [0.25, 0.3) is 0 Å². The van der Waals surface area contributed by atoms with Crippen LogP contribution < -0.4 is 10.7 Å². The molecule has 0 fully saturated rings. The minimum Gasteiger partial charge on any atom is -0.376 e. The monoisotopic (exact) mass is 335 g/mol. The molecule has 0 heterocycles. The number of hydrogen-bond acceptors (Lipinski definition) is 3. The van der Waals surface area contributed by atoms with E-state index in [4.69, 9.17) is 23.2 Å². The Morgan fingerprint density at radius 2 is 1.95 bits per heavy atom. The first kappa shape index (κ1) is 16.3. The molecule has 0 bridgehead atoms. The van der Waals surface area contributed by atoms with E-state index in [1.807, 2.05) is 31.2 Å². The van der Waals surface area contributed by atoms with E-state index in [0.29, 0.717) is 10.0 Å². The smallest absolute Gasteiger partial charge is 0.259 e. The zero-order valence-electron chi connectivity index (χ0n) is 11.9. The second-order valence-electron chi connectivity index (χ2n) is 4.64. The van der Waals surface area contributed by atoms with Crippen LogP contribution in [0.2, 0.25) is 10.0 Å². The molecule has 0 aliphatic rings. The molecule has 2 aromatic carbocycles. The molecule has 0 aromatic heterocycles. The first-order chi connectivity index (χ1) is 10.6.